The maximum absolute atomic E-state index is 11.9. The van der Waals surface area contributed by atoms with Gasteiger partial charge in [0.05, 0.1) is 11.4 Å². The third-order valence-electron chi connectivity index (χ3n) is 2.40. The highest BCUT2D eigenvalue weighted by molar-refractivity contribution is 7.80. The van der Waals surface area contributed by atoms with E-state index in [1.165, 1.54) is 0 Å². The molecule has 98 valence electrons. The summed E-state index contributed by atoms with van der Waals surface area (Å²) >= 11 is 10.5. The lowest BCUT2D eigenvalue weighted by atomic mass is 10.2. The van der Waals surface area contributed by atoms with Crippen molar-refractivity contribution in [1.82, 2.24) is 5.01 Å². The molecule has 1 amide bonds. The van der Waals surface area contributed by atoms with Gasteiger partial charge in [-0.3, -0.25) is 4.79 Å². The van der Waals surface area contributed by atoms with Gasteiger partial charge in [0.15, 0.2) is 11.2 Å². The number of hydrogen-bond donors (Lipinski definition) is 1. The lowest BCUT2D eigenvalue weighted by molar-refractivity contribution is -0.126. The van der Waals surface area contributed by atoms with Gasteiger partial charge in [-0.15, -0.1) is 0 Å². The molecule has 0 saturated heterocycles. The summed E-state index contributed by atoms with van der Waals surface area (Å²) in [5.41, 5.74) is 6.43. The second-order valence-corrected chi connectivity index (χ2v) is 4.68. The van der Waals surface area contributed by atoms with Crippen LogP contribution in [0.3, 0.4) is 0 Å². The summed E-state index contributed by atoms with van der Waals surface area (Å²) in [5, 5.41) is 13.3. The number of carbonyl (C=O) groups excluding carboxylic acids is 1. The first kappa shape index (κ1) is 13.6. The van der Waals surface area contributed by atoms with Gasteiger partial charge in [0.1, 0.15) is 0 Å². The fourth-order valence-corrected chi connectivity index (χ4v) is 1.83. The minimum atomic E-state index is -0.791. The molecule has 6 nitrogen and oxygen atoms in total. The summed E-state index contributed by atoms with van der Waals surface area (Å²) in [4.78, 5) is 11.9. The van der Waals surface area contributed by atoms with E-state index in [2.05, 4.69) is 15.3 Å². The van der Waals surface area contributed by atoms with Crippen LogP contribution in [0.4, 0.5) is 5.69 Å². The van der Waals surface area contributed by atoms with Crippen molar-refractivity contribution in [2.24, 2.45) is 21.1 Å². The van der Waals surface area contributed by atoms with Crippen LogP contribution in [0.1, 0.15) is 6.92 Å². The zero-order chi connectivity index (χ0) is 14.0. The Morgan fingerprint density at radius 3 is 2.89 bits per heavy atom. The van der Waals surface area contributed by atoms with Crippen LogP contribution in [0.15, 0.2) is 39.6 Å². The van der Waals surface area contributed by atoms with E-state index in [0.29, 0.717) is 16.4 Å². The Morgan fingerprint density at radius 2 is 2.32 bits per heavy atom. The molecule has 1 aromatic rings. The summed E-state index contributed by atoms with van der Waals surface area (Å²) in [7, 11) is 0. The maximum atomic E-state index is 11.9. The minimum absolute atomic E-state index is 0.107. The molecule has 0 radical (unpaired) electrons. The molecular weight excluding hydrogens is 286 g/mol. The van der Waals surface area contributed by atoms with Gasteiger partial charge in [-0.1, -0.05) is 17.7 Å². The number of rotatable bonds is 2. The molecule has 19 heavy (non-hydrogen) atoms. The smallest absolute Gasteiger partial charge is 0.282 e. The number of hydrazone groups is 1. The topological polar surface area (TPSA) is 83.4 Å². The second-order valence-electron chi connectivity index (χ2n) is 3.83. The Bertz CT molecular complexity index is 601. The standard InChI is InChI=1S/C11H10ClN5OS/c1-6-9(10(18)17(16-6)11(13)19)15-14-8-4-2-3-7(12)5-8/h2-5,9H,1H3,(H2,13,19)/t9-/m1/s1. The third kappa shape index (κ3) is 2.94. The highest BCUT2D eigenvalue weighted by Crippen LogP contribution is 2.20. The van der Waals surface area contributed by atoms with Gasteiger partial charge >= 0.3 is 0 Å². The SMILES string of the molecule is CC1=NN(C(N)=S)C(=O)[C@@H]1N=Nc1cccc(Cl)c1. The highest BCUT2D eigenvalue weighted by atomic mass is 35.5. The predicted molar refractivity (Wildman–Crippen MR) is 76.5 cm³/mol. The molecule has 8 heteroatoms. The lowest BCUT2D eigenvalue weighted by Gasteiger charge is -2.08. The van der Waals surface area contributed by atoms with Crippen LogP contribution in [0.2, 0.25) is 5.02 Å². The normalized spacial score (nSPS) is 19.1. The van der Waals surface area contributed by atoms with Crippen molar-refractivity contribution in [1.29, 1.82) is 0 Å². The number of carbonyl (C=O) groups is 1. The van der Waals surface area contributed by atoms with Crippen LogP contribution in [-0.2, 0) is 4.79 Å². The van der Waals surface area contributed by atoms with Gasteiger partial charge in [0.2, 0.25) is 0 Å². The van der Waals surface area contributed by atoms with E-state index in [9.17, 15) is 4.79 Å². The number of halogens is 1. The zero-order valence-corrected chi connectivity index (χ0v) is 11.5. The Hall–Kier alpha value is -1.86. The van der Waals surface area contributed by atoms with Crippen LogP contribution in [0, 0.1) is 0 Å². The molecule has 0 aromatic heterocycles. The van der Waals surface area contributed by atoms with Crippen LogP contribution >= 0.6 is 23.8 Å². The van der Waals surface area contributed by atoms with E-state index in [0.717, 1.165) is 5.01 Å². The number of amides is 1. The molecule has 0 saturated carbocycles. The van der Waals surface area contributed by atoms with Gasteiger partial charge in [0.25, 0.3) is 5.91 Å². The van der Waals surface area contributed by atoms with Gasteiger partial charge in [0, 0.05) is 5.02 Å². The van der Waals surface area contributed by atoms with Crippen LogP contribution in [-0.4, -0.2) is 27.8 Å². The first-order chi connectivity index (χ1) is 8.99. The first-order valence-electron chi connectivity index (χ1n) is 5.34. The summed E-state index contributed by atoms with van der Waals surface area (Å²) in [5.74, 6) is -0.407. The molecule has 2 N–H and O–H groups in total. The van der Waals surface area contributed by atoms with Gasteiger partial charge < -0.3 is 5.73 Å². The minimum Gasteiger partial charge on any atom is -0.374 e. The van der Waals surface area contributed by atoms with Crippen LogP contribution in [0.25, 0.3) is 0 Å². The molecule has 0 fully saturated rings. The molecule has 0 unspecified atom stereocenters. The average molecular weight is 296 g/mol. The molecule has 0 bridgehead atoms. The molecule has 1 atom stereocenters. The second kappa shape index (κ2) is 5.41. The number of azo groups is 1. The number of nitrogens with zero attached hydrogens (tertiary/aromatic N) is 4. The fraction of sp³-hybridized carbons (Fsp3) is 0.182. The molecule has 0 spiro atoms. The van der Waals surface area contributed by atoms with Crippen molar-refractivity contribution in [3.8, 4) is 0 Å². The van der Waals surface area contributed by atoms with Crippen molar-refractivity contribution < 1.29 is 4.79 Å². The number of nitrogens with two attached hydrogens (primary N) is 1. The van der Waals surface area contributed by atoms with Crippen molar-refractivity contribution in [3.63, 3.8) is 0 Å². The number of thiocarbonyl (C=S) groups is 1. The molecule has 1 aromatic carbocycles. The van der Waals surface area contributed by atoms with Gasteiger partial charge in [-0.2, -0.15) is 20.3 Å². The summed E-state index contributed by atoms with van der Waals surface area (Å²) in [6.45, 7) is 1.66. The monoisotopic (exact) mass is 295 g/mol. The number of benzene rings is 1. The molecular formula is C11H10ClN5OS. The summed E-state index contributed by atoms with van der Waals surface area (Å²) in [6.07, 6.45) is 0. The van der Waals surface area contributed by atoms with Crippen molar-refractivity contribution >= 4 is 46.2 Å². The van der Waals surface area contributed by atoms with E-state index in [-0.39, 0.29) is 5.11 Å². The molecule has 1 heterocycles. The molecule has 1 aliphatic rings. The average Bonchev–Trinajstić information content (AvgIpc) is 2.63. The predicted octanol–water partition coefficient (Wildman–Crippen LogP) is 2.25. The van der Waals surface area contributed by atoms with E-state index in [1.807, 2.05) is 0 Å². The van der Waals surface area contributed by atoms with E-state index in [1.54, 1.807) is 31.2 Å². The van der Waals surface area contributed by atoms with Crippen LogP contribution < -0.4 is 5.73 Å². The zero-order valence-electron chi connectivity index (χ0n) is 9.95. The highest BCUT2D eigenvalue weighted by Gasteiger charge is 2.35. The van der Waals surface area contributed by atoms with Crippen molar-refractivity contribution in [2.45, 2.75) is 13.0 Å². The Labute approximate surface area is 119 Å². The quantitative estimate of drug-likeness (QED) is 0.671. The Kier molecular flexibility index (Phi) is 3.87. The van der Waals surface area contributed by atoms with E-state index >= 15 is 0 Å². The number of hydrogen-bond acceptors (Lipinski definition) is 5. The summed E-state index contributed by atoms with van der Waals surface area (Å²) < 4.78 is 0. The third-order valence-corrected chi connectivity index (χ3v) is 2.81. The van der Waals surface area contributed by atoms with Crippen molar-refractivity contribution in [3.05, 3.63) is 29.3 Å². The fourth-order valence-electron chi connectivity index (χ4n) is 1.51. The summed E-state index contributed by atoms with van der Waals surface area (Å²) in [6, 6.07) is 6.05. The molecule has 2 rings (SSSR count). The largest absolute Gasteiger partial charge is 0.374 e. The Balaban J connectivity index is 2.18. The molecule has 0 aliphatic carbocycles. The van der Waals surface area contributed by atoms with Crippen LogP contribution in [0.5, 0.6) is 0 Å². The van der Waals surface area contributed by atoms with E-state index < -0.39 is 11.9 Å². The lowest BCUT2D eigenvalue weighted by Crippen LogP contribution is -2.37. The van der Waals surface area contributed by atoms with E-state index in [4.69, 9.17) is 29.6 Å². The Morgan fingerprint density at radius 1 is 1.58 bits per heavy atom. The maximum Gasteiger partial charge on any atom is 0.282 e. The van der Waals surface area contributed by atoms with Gasteiger partial charge in [-0.25, -0.2) is 0 Å². The molecule has 1 aliphatic heterocycles. The van der Waals surface area contributed by atoms with Gasteiger partial charge in [-0.05, 0) is 37.3 Å². The van der Waals surface area contributed by atoms with Crippen molar-refractivity contribution in [2.75, 3.05) is 0 Å². The first-order valence-corrected chi connectivity index (χ1v) is 6.12.